The zero-order valence-electron chi connectivity index (χ0n) is 20.8. The van der Waals surface area contributed by atoms with E-state index in [1.54, 1.807) is 4.90 Å². The van der Waals surface area contributed by atoms with Crippen LogP contribution >= 0.6 is 0 Å². The Kier molecular flexibility index (Phi) is 6.88. The van der Waals surface area contributed by atoms with E-state index in [0.29, 0.717) is 5.56 Å². The van der Waals surface area contributed by atoms with Gasteiger partial charge < -0.3 is 14.2 Å². The number of aromatic nitrogens is 1. The maximum Gasteiger partial charge on any atom is 0.411 e. The number of hydrogen-bond acceptors (Lipinski definition) is 4. The Hall–Kier alpha value is -3.01. The van der Waals surface area contributed by atoms with Gasteiger partial charge in [-0.3, -0.25) is 9.69 Å². The van der Waals surface area contributed by atoms with Gasteiger partial charge in [0.15, 0.2) is 0 Å². The summed E-state index contributed by atoms with van der Waals surface area (Å²) in [5, 5.41) is 10.4. The summed E-state index contributed by atoms with van der Waals surface area (Å²) in [6.45, 7) is 9.37. The number of benzene rings is 1. The average molecular weight is 465 g/mol. The van der Waals surface area contributed by atoms with Crippen molar-refractivity contribution in [1.82, 2.24) is 14.4 Å². The molecule has 0 N–H and O–H groups in total. The second-order valence-electron chi connectivity index (χ2n) is 10.5. The molecule has 1 unspecified atom stereocenters. The Morgan fingerprint density at radius 2 is 1.97 bits per heavy atom. The van der Waals surface area contributed by atoms with Crippen molar-refractivity contribution in [2.24, 2.45) is 0 Å². The molecule has 7 nitrogen and oxygen atoms in total. The molecule has 4 rings (SSSR count). The van der Waals surface area contributed by atoms with E-state index in [9.17, 15) is 14.9 Å². The van der Waals surface area contributed by atoms with Crippen LogP contribution in [0.15, 0.2) is 24.3 Å². The van der Waals surface area contributed by atoms with E-state index in [1.165, 1.54) is 5.69 Å². The van der Waals surface area contributed by atoms with Crippen LogP contribution in [0.3, 0.4) is 0 Å². The second-order valence-corrected chi connectivity index (χ2v) is 10.5. The highest BCUT2D eigenvalue weighted by Gasteiger charge is 2.38. The third-order valence-corrected chi connectivity index (χ3v) is 6.79. The second kappa shape index (κ2) is 9.69. The number of ether oxygens (including phenoxy) is 1. The van der Waals surface area contributed by atoms with Gasteiger partial charge in [-0.05, 0) is 89.8 Å². The minimum Gasteiger partial charge on any atom is -0.444 e. The lowest BCUT2D eigenvalue weighted by Gasteiger charge is -2.30. The summed E-state index contributed by atoms with van der Waals surface area (Å²) >= 11 is 0. The third-order valence-electron chi connectivity index (χ3n) is 6.79. The number of carbonyl (C=O) groups is 2. The maximum absolute atomic E-state index is 13.3. The SMILES string of the molecule is CCn1c(CCC2CCCN2C(=O)CN(C(=O)OC(C)(C)C)C2CC2)cc2ccc(C#N)cc21. The monoisotopic (exact) mass is 464 g/mol. The third kappa shape index (κ3) is 5.38. The van der Waals surface area contributed by atoms with E-state index < -0.39 is 5.60 Å². The summed E-state index contributed by atoms with van der Waals surface area (Å²) in [4.78, 5) is 29.6. The zero-order valence-corrected chi connectivity index (χ0v) is 20.8. The number of aryl methyl sites for hydroxylation is 2. The van der Waals surface area contributed by atoms with Crippen LogP contribution in [0.25, 0.3) is 10.9 Å². The van der Waals surface area contributed by atoms with E-state index in [1.807, 2.05) is 43.9 Å². The summed E-state index contributed by atoms with van der Waals surface area (Å²) in [5.41, 5.74) is 2.42. The molecule has 0 radical (unpaired) electrons. The highest BCUT2D eigenvalue weighted by molar-refractivity contribution is 5.84. The molecule has 2 aliphatic rings. The first-order valence-electron chi connectivity index (χ1n) is 12.5. The fourth-order valence-corrected chi connectivity index (χ4v) is 5.03. The Bertz CT molecular complexity index is 1100. The molecule has 1 saturated heterocycles. The van der Waals surface area contributed by atoms with Crippen molar-refractivity contribution in [3.8, 4) is 6.07 Å². The maximum atomic E-state index is 13.3. The van der Waals surface area contributed by atoms with E-state index in [-0.39, 0.29) is 30.6 Å². The molecule has 2 aromatic rings. The highest BCUT2D eigenvalue weighted by atomic mass is 16.6. The largest absolute Gasteiger partial charge is 0.444 e. The van der Waals surface area contributed by atoms with Crippen molar-refractivity contribution in [3.63, 3.8) is 0 Å². The molecule has 1 aliphatic heterocycles. The van der Waals surface area contributed by atoms with Crippen LogP contribution < -0.4 is 0 Å². The first kappa shape index (κ1) is 24.1. The van der Waals surface area contributed by atoms with E-state index in [0.717, 1.165) is 62.5 Å². The molecule has 0 spiro atoms. The van der Waals surface area contributed by atoms with E-state index in [2.05, 4.69) is 23.6 Å². The number of nitriles is 1. The number of rotatable bonds is 7. The van der Waals surface area contributed by atoms with Crippen LogP contribution in [0.1, 0.15) is 71.1 Å². The van der Waals surface area contributed by atoms with Crippen LogP contribution in [0, 0.1) is 11.3 Å². The summed E-state index contributed by atoms with van der Waals surface area (Å²) in [7, 11) is 0. The molecule has 1 atom stereocenters. The molecule has 34 heavy (non-hydrogen) atoms. The van der Waals surface area contributed by atoms with Gasteiger partial charge in [-0.1, -0.05) is 6.07 Å². The fourth-order valence-electron chi connectivity index (χ4n) is 5.03. The first-order valence-corrected chi connectivity index (χ1v) is 12.5. The Labute approximate surface area is 202 Å². The van der Waals surface area contributed by atoms with Gasteiger partial charge >= 0.3 is 6.09 Å². The normalized spacial score (nSPS) is 18.2. The van der Waals surface area contributed by atoms with Crippen molar-refractivity contribution in [1.29, 1.82) is 5.26 Å². The van der Waals surface area contributed by atoms with Crippen LogP contribution in [0.5, 0.6) is 0 Å². The van der Waals surface area contributed by atoms with Gasteiger partial charge in [-0.2, -0.15) is 5.26 Å². The number of nitrogens with zero attached hydrogens (tertiary/aromatic N) is 4. The van der Waals surface area contributed by atoms with Gasteiger partial charge in [0.2, 0.25) is 5.91 Å². The number of carbonyl (C=O) groups excluding carboxylic acids is 2. The lowest BCUT2D eigenvalue weighted by molar-refractivity contribution is -0.133. The summed E-state index contributed by atoms with van der Waals surface area (Å²) < 4.78 is 7.83. The Balaban J connectivity index is 1.42. The molecular formula is C27H36N4O3. The predicted octanol–water partition coefficient (Wildman–Crippen LogP) is 4.86. The van der Waals surface area contributed by atoms with Gasteiger partial charge in [0, 0.05) is 36.4 Å². The smallest absolute Gasteiger partial charge is 0.411 e. The zero-order chi connectivity index (χ0) is 24.5. The number of hydrogen-bond donors (Lipinski definition) is 0. The van der Waals surface area contributed by atoms with E-state index >= 15 is 0 Å². The van der Waals surface area contributed by atoms with Gasteiger partial charge in [0.1, 0.15) is 12.1 Å². The summed E-state index contributed by atoms with van der Waals surface area (Å²) in [6, 6.07) is 10.6. The molecule has 182 valence electrons. The van der Waals surface area contributed by atoms with Gasteiger partial charge in [-0.25, -0.2) is 4.79 Å². The molecule has 2 fully saturated rings. The van der Waals surface area contributed by atoms with Crippen LogP contribution in [0.2, 0.25) is 0 Å². The fraction of sp³-hybridized carbons (Fsp3) is 0.593. The molecular weight excluding hydrogens is 428 g/mol. The van der Waals surface area contributed by atoms with Crippen molar-refractivity contribution < 1.29 is 14.3 Å². The molecule has 0 bridgehead atoms. The van der Waals surface area contributed by atoms with Gasteiger partial charge in [-0.15, -0.1) is 0 Å². The standard InChI is InChI=1S/C27H36N4O3/c1-5-29-23(16-20-9-8-19(17-28)15-24(20)29)13-12-21-7-6-14-30(21)25(32)18-31(22-10-11-22)26(33)34-27(2,3)4/h8-9,15-16,21-22H,5-7,10-14,18H2,1-4H3. The van der Waals surface area contributed by atoms with Crippen molar-refractivity contribution in [3.05, 3.63) is 35.5 Å². The van der Waals surface area contributed by atoms with Crippen molar-refractivity contribution in [2.45, 2.75) is 90.4 Å². The average Bonchev–Trinajstić information content (AvgIpc) is 3.40. The molecule has 2 amide bonds. The van der Waals surface area contributed by atoms with Crippen LogP contribution in [-0.2, 0) is 22.5 Å². The topological polar surface area (TPSA) is 78.6 Å². The molecule has 1 saturated carbocycles. The minimum absolute atomic E-state index is 0.0231. The summed E-state index contributed by atoms with van der Waals surface area (Å²) in [6.07, 6.45) is 5.24. The number of fused-ring (bicyclic) bond motifs is 1. The van der Waals surface area contributed by atoms with Crippen LogP contribution in [-0.4, -0.2) is 57.1 Å². The first-order chi connectivity index (χ1) is 16.2. The lowest BCUT2D eigenvalue weighted by atomic mass is 10.1. The molecule has 1 aromatic carbocycles. The predicted molar refractivity (Wildman–Crippen MR) is 131 cm³/mol. The Morgan fingerprint density at radius 3 is 2.62 bits per heavy atom. The van der Waals surface area contributed by atoms with E-state index in [4.69, 9.17) is 4.74 Å². The van der Waals surface area contributed by atoms with Gasteiger partial charge in [0.25, 0.3) is 0 Å². The quantitative estimate of drug-likeness (QED) is 0.586. The molecule has 7 heteroatoms. The van der Waals surface area contributed by atoms with Gasteiger partial charge in [0.05, 0.1) is 11.6 Å². The highest BCUT2D eigenvalue weighted by Crippen LogP contribution is 2.30. The summed E-state index contributed by atoms with van der Waals surface area (Å²) in [5.74, 6) is 0.0231. The molecule has 2 heterocycles. The lowest BCUT2D eigenvalue weighted by Crippen LogP contribution is -2.47. The van der Waals surface area contributed by atoms with Crippen molar-refractivity contribution >= 4 is 22.9 Å². The molecule has 1 aliphatic carbocycles. The minimum atomic E-state index is -0.574. The Morgan fingerprint density at radius 1 is 1.21 bits per heavy atom. The number of amides is 2. The van der Waals surface area contributed by atoms with Crippen LogP contribution in [0.4, 0.5) is 4.79 Å². The van der Waals surface area contributed by atoms with Crippen molar-refractivity contribution in [2.75, 3.05) is 13.1 Å². The molecule has 1 aromatic heterocycles. The number of likely N-dealkylation sites (tertiary alicyclic amines) is 1.